The fourth-order valence-corrected chi connectivity index (χ4v) is 2.43. The summed E-state index contributed by atoms with van der Waals surface area (Å²) in [6.07, 6.45) is 0.877. The summed E-state index contributed by atoms with van der Waals surface area (Å²) >= 11 is 3.36. The van der Waals surface area contributed by atoms with E-state index in [9.17, 15) is 4.39 Å². The average molecular weight is 272 g/mol. The first kappa shape index (κ1) is 10.6. The molecule has 0 saturated carbocycles. The van der Waals surface area contributed by atoms with Crippen LogP contribution in [0.25, 0.3) is 10.9 Å². The molecule has 0 saturated heterocycles. The molecule has 0 bridgehead atoms. The third-order valence-corrected chi connectivity index (χ3v) is 3.20. The first-order valence-electron chi connectivity index (χ1n) is 4.89. The van der Waals surface area contributed by atoms with E-state index < -0.39 is 0 Å². The van der Waals surface area contributed by atoms with E-state index in [-0.39, 0.29) is 5.82 Å². The quantitative estimate of drug-likeness (QED) is 0.841. The van der Waals surface area contributed by atoms with Crippen LogP contribution < -0.4 is 5.73 Å². The predicted molar refractivity (Wildman–Crippen MR) is 62.2 cm³/mol. The number of benzene rings is 1. The Morgan fingerprint density at radius 3 is 2.87 bits per heavy atom. The van der Waals surface area contributed by atoms with Crippen molar-refractivity contribution in [3.05, 3.63) is 33.7 Å². The lowest BCUT2D eigenvalue weighted by atomic mass is 10.1. The van der Waals surface area contributed by atoms with E-state index in [1.54, 1.807) is 6.07 Å². The third kappa shape index (κ3) is 1.79. The number of nitrogens with one attached hydrogen (secondary N) is 1. The van der Waals surface area contributed by atoms with Crippen molar-refractivity contribution >= 4 is 26.8 Å². The van der Waals surface area contributed by atoms with Crippen molar-refractivity contribution in [2.45, 2.75) is 13.3 Å². The maximum atomic E-state index is 13.3. The molecule has 0 radical (unpaired) electrons. The van der Waals surface area contributed by atoms with Gasteiger partial charge >= 0.3 is 0 Å². The van der Waals surface area contributed by atoms with Gasteiger partial charge < -0.3 is 10.7 Å². The highest BCUT2D eigenvalue weighted by molar-refractivity contribution is 9.10. The van der Waals surface area contributed by atoms with Gasteiger partial charge in [-0.05, 0) is 40.5 Å². The summed E-state index contributed by atoms with van der Waals surface area (Å²) in [5, 5.41) is 0.961. The highest BCUT2D eigenvalue weighted by atomic mass is 79.9. The molecule has 1 aromatic carbocycles. The Balaban J connectivity index is 2.74. The molecule has 80 valence electrons. The normalized spacial score (nSPS) is 11.2. The van der Waals surface area contributed by atoms with Crippen LogP contribution in [0.4, 0.5) is 4.39 Å². The zero-order chi connectivity index (χ0) is 11.0. The standard InChI is InChI=1S/C11H12BrFN2/c1-6-8(2-3-14)9-4-7(13)5-10(12)11(9)15-6/h4-5,15H,2-3,14H2,1H3/p+1. The Morgan fingerprint density at radius 1 is 1.47 bits per heavy atom. The molecular weight excluding hydrogens is 259 g/mol. The van der Waals surface area contributed by atoms with Crippen molar-refractivity contribution in [3.63, 3.8) is 0 Å². The summed E-state index contributed by atoms with van der Waals surface area (Å²) in [7, 11) is 0. The van der Waals surface area contributed by atoms with Crippen LogP contribution in [0.5, 0.6) is 0 Å². The average Bonchev–Trinajstić information content (AvgIpc) is 2.46. The SMILES string of the molecule is Cc1[nH]c2c(Br)cc(F)cc2c1CC[NH3+]. The summed E-state index contributed by atoms with van der Waals surface area (Å²) in [6.45, 7) is 2.83. The molecule has 2 nitrogen and oxygen atoms in total. The Morgan fingerprint density at radius 2 is 2.20 bits per heavy atom. The van der Waals surface area contributed by atoms with E-state index in [4.69, 9.17) is 0 Å². The number of fused-ring (bicyclic) bond motifs is 1. The fraction of sp³-hybridized carbons (Fsp3) is 0.273. The number of hydrogen-bond acceptors (Lipinski definition) is 0. The number of aromatic nitrogens is 1. The predicted octanol–water partition coefficient (Wildman–Crippen LogP) is 2.16. The van der Waals surface area contributed by atoms with Gasteiger partial charge in [0.1, 0.15) is 5.82 Å². The van der Waals surface area contributed by atoms with Crippen molar-refractivity contribution in [1.82, 2.24) is 4.98 Å². The van der Waals surface area contributed by atoms with E-state index in [1.165, 1.54) is 11.6 Å². The maximum absolute atomic E-state index is 13.3. The number of H-pyrrole nitrogens is 1. The molecule has 0 fully saturated rings. The largest absolute Gasteiger partial charge is 0.357 e. The highest BCUT2D eigenvalue weighted by Crippen LogP contribution is 2.29. The van der Waals surface area contributed by atoms with Gasteiger partial charge in [0.05, 0.1) is 12.1 Å². The van der Waals surface area contributed by atoms with Crippen LogP contribution in [-0.4, -0.2) is 11.5 Å². The second-order valence-electron chi connectivity index (χ2n) is 3.64. The molecule has 0 spiro atoms. The van der Waals surface area contributed by atoms with Gasteiger partial charge in [0.2, 0.25) is 0 Å². The first-order chi connectivity index (χ1) is 7.13. The van der Waals surface area contributed by atoms with Crippen LogP contribution in [0.3, 0.4) is 0 Å². The van der Waals surface area contributed by atoms with Gasteiger partial charge in [-0.15, -0.1) is 0 Å². The van der Waals surface area contributed by atoms with E-state index in [0.29, 0.717) is 0 Å². The molecule has 0 aliphatic rings. The molecule has 2 aromatic rings. The molecule has 0 atom stereocenters. The molecule has 1 heterocycles. The minimum atomic E-state index is -0.210. The van der Waals surface area contributed by atoms with Crippen LogP contribution in [0.15, 0.2) is 16.6 Å². The Hall–Kier alpha value is -0.870. The van der Waals surface area contributed by atoms with E-state index in [0.717, 1.165) is 34.0 Å². The summed E-state index contributed by atoms with van der Waals surface area (Å²) in [5.74, 6) is -0.210. The zero-order valence-electron chi connectivity index (χ0n) is 8.53. The van der Waals surface area contributed by atoms with Crippen molar-refractivity contribution in [2.24, 2.45) is 0 Å². The topological polar surface area (TPSA) is 43.4 Å². The molecule has 0 aliphatic carbocycles. The minimum Gasteiger partial charge on any atom is -0.357 e. The molecule has 2 rings (SSSR count). The molecule has 1 aromatic heterocycles. The molecular formula is C11H13BrFN2+. The number of halogens is 2. The summed E-state index contributed by atoms with van der Waals surface area (Å²) in [6, 6.07) is 3.06. The molecule has 0 unspecified atom stereocenters. The van der Waals surface area contributed by atoms with Crippen molar-refractivity contribution in [1.29, 1.82) is 0 Å². The fourth-order valence-electron chi connectivity index (χ4n) is 1.90. The Labute approximate surface area is 95.8 Å². The number of rotatable bonds is 2. The van der Waals surface area contributed by atoms with Crippen molar-refractivity contribution in [2.75, 3.05) is 6.54 Å². The second-order valence-corrected chi connectivity index (χ2v) is 4.50. The number of aromatic amines is 1. The Bertz CT molecular complexity index is 505. The molecule has 4 N–H and O–H groups in total. The molecule has 0 amide bonds. The smallest absolute Gasteiger partial charge is 0.125 e. The van der Waals surface area contributed by atoms with Crippen LogP contribution in [0, 0.1) is 12.7 Å². The van der Waals surface area contributed by atoms with Crippen LogP contribution >= 0.6 is 15.9 Å². The number of quaternary nitrogens is 1. The van der Waals surface area contributed by atoms with Gasteiger partial charge in [0.15, 0.2) is 0 Å². The number of hydrogen-bond donors (Lipinski definition) is 2. The van der Waals surface area contributed by atoms with Gasteiger partial charge in [-0.1, -0.05) is 0 Å². The zero-order valence-corrected chi connectivity index (χ0v) is 10.1. The lowest BCUT2D eigenvalue weighted by Crippen LogP contribution is -2.51. The monoisotopic (exact) mass is 271 g/mol. The van der Waals surface area contributed by atoms with E-state index in [2.05, 4.69) is 26.6 Å². The lowest BCUT2D eigenvalue weighted by Gasteiger charge is -1.98. The summed E-state index contributed by atoms with van der Waals surface area (Å²) < 4.78 is 14.0. The van der Waals surface area contributed by atoms with Crippen LogP contribution in [0.1, 0.15) is 11.3 Å². The van der Waals surface area contributed by atoms with Gasteiger partial charge in [-0.25, -0.2) is 4.39 Å². The van der Waals surface area contributed by atoms with Crippen molar-refractivity contribution < 1.29 is 10.1 Å². The van der Waals surface area contributed by atoms with Gasteiger partial charge in [0, 0.05) is 22.0 Å². The number of aryl methyl sites for hydroxylation is 1. The van der Waals surface area contributed by atoms with Gasteiger partial charge in [-0.3, -0.25) is 0 Å². The third-order valence-electron chi connectivity index (χ3n) is 2.57. The van der Waals surface area contributed by atoms with Gasteiger partial charge in [-0.2, -0.15) is 0 Å². The maximum Gasteiger partial charge on any atom is 0.125 e. The van der Waals surface area contributed by atoms with Crippen molar-refractivity contribution in [3.8, 4) is 0 Å². The van der Waals surface area contributed by atoms with Gasteiger partial charge in [0.25, 0.3) is 0 Å². The molecule has 4 heteroatoms. The first-order valence-corrected chi connectivity index (χ1v) is 5.68. The summed E-state index contributed by atoms with van der Waals surface area (Å²) in [4.78, 5) is 3.27. The van der Waals surface area contributed by atoms with Crippen LogP contribution in [0.2, 0.25) is 0 Å². The molecule has 0 aliphatic heterocycles. The van der Waals surface area contributed by atoms with E-state index in [1.807, 2.05) is 6.92 Å². The highest BCUT2D eigenvalue weighted by Gasteiger charge is 2.11. The Kier molecular flexibility index (Phi) is 2.80. The van der Waals surface area contributed by atoms with E-state index >= 15 is 0 Å². The molecule has 15 heavy (non-hydrogen) atoms. The second kappa shape index (κ2) is 3.94. The summed E-state index contributed by atoms with van der Waals surface area (Å²) in [5.41, 5.74) is 7.07. The minimum absolute atomic E-state index is 0.210. The lowest BCUT2D eigenvalue weighted by molar-refractivity contribution is -0.366. The van der Waals surface area contributed by atoms with Crippen LogP contribution in [-0.2, 0) is 6.42 Å².